The minimum absolute atomic E-state index is 0.294. The fraction of sp³-hybridized carbons (Fsp3) is 0.737. The predicted octanol–water partition coefficient (Wildman–Crippen LogP) is 4.83. The molecule has 4 aliphatic rings. The van der Waals surface area contributed by atoms with E-state index < -0.39 is 0 Å². The van der Waals surface area contributed by atoms with Crippen LogP contribution in [0.3, 0.4) is 0 Å². The lowest BCUT2D eigenvalue weighted by Crippen LogP contribution is -2.36. The van der Waals surface area contributed by atoms with Crippen LogP contribution in [0, 0.1) is 23.2 Å². The number of allylic oxidation sites excluding steroid dienone is 4. The number of aldehydes is 1. The molecule has 108 valence electrons. The highest BCUT2D eigenvalue weighted by atomic mass is 16.1. The molecule has 0 N–H and O–H groups in total. The van der Waals surface area contributed by atoms with Crippen molar-refractivity contribution in [2.45, 2.75) is 64.7 Å². The maximum Gasteiger partial charge on any atom is 0.123 e. The molecule has 1 unspecified atom stereocenters. The second-order valence-electron chi connectivity index (χ2n) is 7.87. The highest BCUT2D eigenvalue weighted by Crippen LogP contribution is 2.59. The van der Waals surface area contributed by atoms with Crippen molar-refractivity contribution in [3.63, 3.8) is 0 Å². The Labute approximate surface area is 122 Å². The minimum atomic E-state index is 0.294. The Morgan fingerprint density at radius 2 is 2.15 bits per heavy atom. The van der Waals surface area contributed by atoms with Gasteiger partial charge in [-0.25, -0.2) is 0 Å². The van der Waals surface area contributed by atoms with Crippen LogP contribution >= 0.6 is 0 Å². The van der Waals surface area contributed by atoms with Gasteiger partial charge in [0.15, 0.2) is 0 Å². The Morgan fingerprint density at radius 3 is 3.00 bits per heavy atom. The lowest BCUT2D eigenvalue weighted by molar-refractivity contribution is -0.111. The maximum atomic E-state index is 11.1. The molecule has 0 aromatic rings. The van der Waals surface area contributed by atoms with Crippen molar-refractivity contribution in [2.75, 3.05) is 0 Å². The molecule has 3 fully saturated rings. The molecule has 0 aromatic heterocycles. The third-order valence-electron chi connectivity index (χ3n) is 6.89. The third-order valence-corrected chi connectivity index (χ3v) is 6.89. The molecule has 0 saturated heterocycles. The normalized spacial score (nSPS) is 43.5. The first-order valence-corrected chi connectivity index (χ1v) is 8.58. The Kier molecular flexibility index (Phi) is 2.94. The SMILES string of the molecule is C[C@@]12CCC[C@H]1[C@@H]1CC=C3CC(C=O)CCC3=C1CC2. The highest BCUT2D eigenvalue weighted by Gasteiger charge is 2.48. The van der Waals surface area contributed by atoms with Crippen molar-refractivity contribution in [3.8, 4) is 0 Å². The molecule has 0 aliphatic heterocycles. The minimum Gasteiger partial charge on any atom is -0.303 e. The molecule has 1 heteroatoms. The monoisotopic (exact) mass is 270 g/mol. The first-order valence-electron chi connectivity index (χ1n) is 8.58. The summed E-state index contributed by atoms with van der Waals surface area (Å²) in [5.41, 5.74) is 5.69. The van der Waals surface area contributed by atoms with Crippen LogP contribution < -0.4 is 0 Å². The second kappa shape index (κ2) is 4.58. The predicted molar refractivity (Wildman–Crippen MR) is 81.3 cm³/mol. The van der Waals surface area contributed by atoms with E-state index in [4.69, 9.17) is 0 Å². The summed E-state index contributed by atoms with van der Waals surface area (Å²) in [5.74, 6) is 2.09. The largest absolute Gasteiger partial charge is 0.303 e. The van der Waals surface area contributed by atoms with Gasteiger partial charge in [0.25, 0.3) is 0 Å². The lowest BCUT2D eigenvalue weighted by atomic mass is 9.58. The topological polar surface area (TPSA) is 17.1 Å². The van der Waals surface area contributed by atoms with Gasteiger partial charge in [-0.2, -0.15) is 0 Å². The van der Waals surface area contributed by atoms with Gasteiger partial charge in [-0.3, -0.25) is 0 Å². The van der Waals surface area contributed by atoms with E-state index in [0.29, 0.717) is 11.3 Å². The van der Waals surface area contributed by atoms with Gasteiger partial charge in [0.05, 0.1) is 0 Å². The average Bonchev–Trinajstić information content (AvgIpc) is 2.88. The van der Waals surface area contributed by atoms with Crippen molar-refractivity contribution in [2.24, 2.45) is 23.2 Å². The van der Waals surface area contributed by atoms with Crippen LogP contribution in [0.5, 0.6) is 0 Å². The Morgan fingerprint density at radius 1 is 1.25 bits per heavy atom. The van der Waals surface area contributed by atoms with Crippen molar-refractivity contribution in [1.29, 1.82) is 0 Å². The molecule has 0 radical (unpaired) electrons. The Balaban J connectivity index is 1.66. The average molecular weight is 270 g/mol. The van der Waals surface area contributed by atoms with Crippen LogP contribution in [0.4, 0.5) is 0 Å². The van der Waals surface area contributed by atoms with Gasteiger partial charge in [0.2, 0.25) is 0 Å². The smallest absolute Gasteiger partial charge is 0.123 e. The fourth-order valence-electron chi connectivity index (χ4n) is 5.74. The van der Waals surface area contributed by atoms with Crippen LogP contribution in [0.15, 0.2) is 22.8 Å². The summed E-state index contributed by atoms with van der Waals surface area (Å²) < 4.78 is 0. The molecule has 0 spiro atoms. The zero-order chi connectivity index (χ0) is 13.7. The molecular formula is C19H26O. The summed E-state index contributed by atoms with van der Waals surface area (Å²) in [6, 6.07) is 0. The van der Waals surface area contributed by atoms with Gasteiger partial charge in [-0.05, 0) is 79.8 Å². The molecule has 0 aromatic carbocycles. The van der Waals surface area contributed by atoms with Crippen LogP contribution in [-0.2, 0) is 4.79 Å². The summed E-state index contributed by atoms with van der Waals surface area (Å²) in [5, 5.41) is 0. The van der Waals surface area contributed by atoms with Crippen molar-refractivity contribution >= 4 is 6.29 Å². The van der Waals surface area contributed by atoms with Crippen molar-refractivity contribution in [1.82, 2.24) is 0 Å². The summed E-state index contributed by atoms with van der Waals surface area (Å²) in [7, 11) is 0. The Hall–Kier alpha value is -0.850. The molecule has 4 atom stereocenters. The lowest BCUT2D eigenvalue weighted by Gasteiger charge is -2.47. The van der Waals surface area contributed by atoms with E-state index in [0.717, 1.165) is 24.7 Å². The van der Waals surface area contributed by atoms with E-state index in [2.05, 4.69) is 13.0 Å². The number of hydrogen-bond donors (Lipinski definition) is 0. The standard InChI is InChI=1S/C19H26O/c1-19-9-2-3-18(19)17-7-5-14-11-13(12-20)4-6-15(14)16(17)8-10-19/h5,12-13,17-18H,2-4,6-11H2,1H3/t13?,17-,18+,19+/m1/s1. The molecule has 0 amide bonds. The van der Waals surface area contributed by atoms with Crippen LogP contribution in [0.1, 0.15) is 64.7 Å². The van der Waals surface area contributed by atoms with Crippen LogP contribution in [0.25, 0.3) is 0 Å². The van der Waals surface area contributed by atoms with Gasteiger partial charge in [0.1, 0.15) is 6.29 Å². The van der Waals surface area contributed by atoms with Crippen molar-refractivity contribution < 1.29 is 4.79 Å². The molecule has 4 rings (SSSR count). The van der Waals surface area contributed by atoms with Gasteiger partial charge in [-0.15, -0.1) is 0 Å². The number of carbonyl (C=O) groups is 1. The third kappa shape index (κ3) is 1.78. The Bertz CT molecular complexity index is 498. The molecule has 4 aliphatic carbocycles. The van der Waals surface area contributed by atoms with Gasteiger partial charge in [0, 0.05) is 5.92 Å². The molecule has 0 bridgehead atoms. The number of hydrogen-bond acceptors (Lipinski definition) is 1. The first-order chi connectivity index (χ1) is 9.71. The van der Waals surface area contributed by atoms with E-state index >= 15 is 0 Å². The maximum absolute atomic E-state index is 11.1. The van der Waals surface area contributed by atoms with Crippen LogP contribution in [0.2, 0.25) is 0 Å². The van der Waals surface area contributed by atoms with E-state index in [9.17, 15) is 4.79 Å². The molecule has 20 heavy (non-hydrogen) atoms. The first kappa shape index (κ1) is 12.9. The molecule has 0 heterocycles. The van der Waals surface area contributed by atoms with Crippen molar-refractivity contribution in [3.05, 3.63) is 22.8 Å². The summed E-state index contributed by atoms with van der Waals surface area (Å²) in [6.07, 6.45) is 15.4. The molecule has 1 nitrogen and oxygen atoms in total. The van der Waals surface area contributed by atoms with E-state index in [1.54, 1.807) is 11.1 Å². The summed E-state index contributed by atoms with van der Waals surface area (Å²) in [4.78, 5) is 11.1. The van der Waals surface area contributed by atoms with E-state index in [1.807, 2.05) is 5.57 Å². The molecule has 3 saturated carbocycles. The molecular weight excluding hydrogens is 244 g/mol. The van der Waals surface area contributed by atoms with Gasteiger partial charge < -0.3 is 4.79 Å². The fourth-order valence-corrected chi connectivity index (χ4v) is 5.74. The zero-order valence-electron chi connectivity index (χ0n) is 12.7. The highest BCUT2D eigenvalue weighted by molar-refractivity contribution is 5.57. The summed E-state index contributed by atoms with van der Waals surface area (Å²) in [6.45, 7) is 2.55. The number of rotatable bonds is 1. The second-order valence-corrected chi connectivity index (χ2v) is 7.87. The number of fused-ring (bicyclic) bond motifs is 4. The van der Waals surface area contributed by atoms with Gasteiger partial charge in [-0.1, -0.05) is 25.0 Å². The summed E-state index contributed by atoms with van der Waals surface area (Å²) >= 11 is 0. The van der Waals surface area contributed by atoms with Gasteiger partial charge >= 0.3 is 0 Å². The van der Waals surface area contributed by atoms with E-state index in [1.165, 1.54) is 51.2 Å². The van der Waals surface area contributed by atoms with E-state index in [-0.39, 0.29) is 0 Å². The van der Waals surface area contributed by atoms with Crippen LogP contribution in [-0.4, -0.2) is 6.29 Å². The number of carbonyl (C=O) groups excluding carboxylic acids is 1. The zero-order valence-corrected chi connectivity index (χ0v) is 12.7. The quantitative estimate of drug-likeness (QED) is 0.624.